The zero-order valence-electron chi connectivity index (χ0n) is 12.8. The minimum Gasteiger partial charge on any atom is -0.481 e. The molecule has 1 atom stereocenters. The third-order valence-corrected chi connectivity index (χ3v) is 4.43. The Morgan fingerprint density at radius 2 is 1.86 bits per heavy atom. The van der Waals surface area contributed by atoms with Crippen molar-refractivity contribution >= 4 is 27.7 Å². The highest BCUT2D eigenvalue weighted by Gasteiger charge is 2.29. The molecule has 1 aliphatic heterocycles. The summed E-state index contributed by atoms with van der Waals surface area (Å²) in [4.78, 5) is 25.8. The lowest BCUT2D eigenvalue weighted by Gasteiger charge is -2.32. The van der Waals surface area contributed by atoms with Crippen LogP contribution in [0.3, 0.4) is 0 Å². The van der Waals surface area contributed by atoms with E-state index in [1.54, 1.807) is 18.9 Å². The minimum absolute atomic E-state index is 0.0109. The summed E-state index contributed by atoms with van der Waals surface area (Å²) in [5.41, 5.74) is 0. The van der Waals surface area contributed by atoms with Gasteiger partial charge in [-0.1, -0.05) is 15.9 Å². The second-order valence-corrected chi connectivity index (χ2v) is 6.34. The van der Waals surface area contributed by atoms with E-state index in [1.165, 1.54) is 0 Å². The number of nitrogens with zero attached hydrogens (tertiary/aromatic N) is 1. The van der Waals surface area contributed by atoms with Gasteiger partial charge < -0.3 is 15.0 Å². The number of hydrogen-bond acceptors (Lipinski definition) is 3. The number of ether oxygens (including phenoxy) is 1. The van der Waals surface area contributed by atoms with Crippen LogP contribution in [0.1, 0.15) is 19.8 Å². The van der Waals surface area contributed by atoms with Crippen molar-refractivity contribution in [1.82, 2.24) is 10.2 Å². The third kappa shape index (κ3) is 4.22. The van der Waals surface area contributed by atoms with E-state index < -0.39 is 6.10 Å². The molecule has 1 saturated heterocycles. The molecule has 0 radical (unpaired) electrons. The third-order valence-electron chi connectivity index (χ3n) is 3.90. The van der Waals surface area contributed by atoms with Gasteiger partial charge in [-0.15, -0.1) is 0 Å². The van der Waals surface area contributed by atoms with Gasteiger partial charge in [0.05, 0.1) is 0 Å². The van der Waals surface area contributed by atoms with Crippen molar-refractivity contribution in [2.45, 2.75) is 25.9 Å². The van der Waals surface area contributed by atoms with E-state index in [9.17, 15) is 9.59 Å². The lowest BCUT2D eigenvalue weighted by molar-refractivity contribution is -0.141. The molecule has 1 aliphatic rings. The van der Waals surface area contributed by atoms with Gasteiger partial charge in [0.15, 0.2) is 6.10 Å². The Morgan fingerprint density at radius 3 is 2.41 bits per heavy atom. The topological polar surface area (TPSA) is 58.6 Å². The predicted molar refractivity (Wildman–Crippen MR) is 87.6 cm³/mol. The highest BCUT2D eigenvalue weighted by molar-refractivity contribution is 9.10. The number of carbonyl (C=O) groups is 2. The maximum absolute atomic E-state index is 12.4. The Hall–Kier alpha value is -1.56. The average molecular weight is 369 g/mol. The van der Waals surface area contributed by atoms with Crippen LogP contribution < -0.4 is 10.1 Å². The first-order valence-electron chi connectivity index (χ1n) is 7.44. The summed E-state index contributed by atoms with van der Waals surface area (Å²) in [6, 6.07) is 7.40. The summed E-state index contributed by atoms with van der Waals surface area (Å²) in [5.74, 6) is 0.714. The van der Waals surface area contributed by atoms with Gasteiger partial charge in [0, 0.05) is 30.5 Å². The van der Waals surface area contributed by atoms with E-state index in [-0.39, 0.29) is 17.7 Å². The van der Waals surface area contributed by atoms with Crippen LogP contribution in [0.5, 0.6) is 5.75 Å². The fourth-order valence-corrected chi connectivity index (χ4v) is 2.86. The maximum atomic E-state index is 12.4. The number of rotatable bonds is 4. The van der Waals surface area contributed by atoms with Crippen molar-refractivity contribution in [2.24, 2.45) is 5.92 Å². The van der Waals surface area contributed by atoms with Crippen LogP contribution in [0.4, 0.5) is 0 Å². The van der Waals surface area contributed by atoms with Crippen LogP contribution in [0.25, 0.3) is 0 Å². The molecule has 1 aromatic carbocycles. The second kappa shape index (κ2) is 7.63. The molecule has 0 spiro atoms. The zero-order valence-corrected chi connectivity index (χ0v) is 14.4. The van der Waals surface area contributed by atoms with Gasteiger partial charge in [-0.2, -0.15) is 0 Å². The number of likely N-dealkylation sites (tertiary alicyclic amines) is 1. The summed E-state index contributed by atoms with van der Waals surface area (Å²) >= 11 is 3.36. The molecule has 120 valence electrons. The molecule has 22 heavy (non-hydrogen) atoms. The molecule has 0 aliphatic carbocycles. The second-order valence-electron chi connectivity index (χ2n) is 5.43. The van der Waals surface area contributed by atoms with Crippen LogP contribution in [0.2, 0.25) is 0 Å². The van der Waals surface area contributed by atoms with Crippen molar-refractivity contribution in [1.29, 1.82) is 0 Å². The number of carbonyl (C=O) groups excluding carboxylic acids is 2. The standard InChI is InChI=1S/C16H21BrN2O3/c1-11(22-14-5-3-13(17)4-6-14)16(21)19-9-7-12(8-10-19)15(20)18-2/h3-6,11-12H,7-10H2,1-2H3,(H,18,20). The maximum Gasteiger partial charge on any atom is 0.263 e. The molecule has 0 bridgehead atoms. The van der Waals surface area contributed by atoms with Crippen LogP contribution in [-0.4, -0.2) is 43.0 Å². The molecular weight excluding hydrogens is 348 g/mol. The number of benzene rings is 1. The van der Waals surface area contributed by atoms with Gasteiger partial charge in [0.1, 0.15) is 5.75 Å². The van der Waals surface area contributed by atoms with E-state index in [4.69, 9.17) is 4.74 Å². The van der Waals surface area contributed by atoms with Crippen molar-refractivity contribution in [3.05, 3.63) is 28.7 Å². The van der Waals surface area contributed by atoms with E-state index >= 15 is 0 Å². The van der Waals surface area contributed by atoms with Gasteiger partial charge in [-0.3, -0.25) is 9.59 Å². The smallest absolute Gasteiger partial charge is 0.263 e. The van der Waals surface area contributed by atoms with Crippen molar-refractivity contribution < 1.29 is 14.3 Å². The molecule has 0 saturated carbocycles. The Kier molecular flexibility index (Phi) is 5.83. The summed E-state index contributed by atoms with van der Waals surface area (Å²) in [7, 11) is 1.65. The van der Waals surface area contributed by atoms with Crippen LogP contribution in [0.15, 0.2) is 28.7 Å². The number of hydrogen-bond donors (Lipinski definition) is 1. The van der Waals surface area contributed by atoms with Crippen molar-refractivity contribution in [3.63, 3.8) is 0 Å². The Bertz CT molecular complexity index is 525. The average Bonchev–Trinajstić information content (AvgIpc) is 2.55. The normalized spacial score (nSPS) is 17.0. The van der Waals surface area contributed by atoms with E-state index in [0.29, 0.717) is 31.7 Å². The molecule has 2 rings (SSSR count). The number of piperidine rings is 1. The van der Waals surface area contributed by atoms with Gasteiger partial charge in [-0.05, 0) is 44.0 Å². The molecule has 5 nitrogen and oxygen atoms in total. The molecule has 1 heterocycles. The molecule has 2 amide bonds. The molecule has 1 aromatic rings. The lowest BCUT2D eigenvalue weighted by atomic mass is 9.96. The van der Waals surface area contributed by atoms with E-state index in [1.807, 2.05) is 24.3 Å². The van der Waals surface area contributed by atoms with Crippen LogP contribution >= 0.6 is 15.9 Å². The Labute approximate surface area is 139 Å². The number of halogens is 1. The van der Waals surface area contributed by atoms with Gasteiger partial charge in [0.25, 0.3) is 5.91 Å². The van der Waals surface area contributed by atoms with Crippen molar-refractivity contribution in [3.8, 4) is 5.75 Å². The highest BCUT2D eigenvalue weighted by atomic mass is 79.9. The zero-order chi connectivity index (χ0) is 16.1. The first-order chi connectivity index (χ1) is 10.5. The SMILES string of the molecule is CNC(=O)C1CCN(C(=O)C(C)Oc2ccc(Br)cc2)CC1. The van der Waals surface area contributed by atoms with E-state index in [2.05, 4.69) is 21.2 Å². The molecule has 1 fully saturated rings. The quantitative estimate of drug-likeness (QED) is 0.885. The van der Waals surface area contributed by atoms with Gasteiger partial charge in [-0.25, -0.2) is 0 Å². The predicted octanol–water partition coefficient (Wildman–Crippen LogP) is 2.20. The fraction of sp³-hybridized carbons (Fsp3) is 0.500. The van der Waals surface area contributed by atoms with E-state index in [0.717, 1.165) is 4.47 Å². The first kappa shape index (κ1) is 16.8. The Balaban J connectivity index is 1.86. The summed E-state index contributed by atoms with van der Waals surface area (Å²) in [6.45, 7) is 2.96. The first-order valence-corrected chi connectivity index (χ1v) is 8.23. The Morgan fingerprint density at radius 1 is 1.27 bits per heavy atom. The molecule has 0 aromatic heterocycles. The monoisotopic (exact) mass is 368 g/mol. The van der Waals surface area contributed by atoms with Gasteiger partial charge >= 0.3 is 0 Å². The largest absolute Gasteiger partial charge is 0.481 e. The summed E-state index contributed by atoms with van der Waals surface area (Å²) in [5, 5.41) is 2.67. The molecule has 1 unspecified atom stereocenters. The van der Waals surface area contributed by atoms with Gasteiger partial charge in [0.2, 0.25) is 5.91 Å². The molecular formula is C16H21BrN2O3. The molecule has 6 heteroatoms. The summed E-state index contributed by atoms with van der Waals surface area (Å²) < 4.78 is 6.66. The number of amides is 2. The van der Waals surface area contributed by atoms with Crippen LogP contribution in [-0.2, 0) is 9.59 Å². The summed E-state index contributed by atoms with van der Waals surface area (Å²) in [6.07, 6.45) is 0.880. The number of nitrogens with one attached hydrogen (secondary N) is 1. The van der Waals surface area contributed by atoms with Crippen LogP contribution in [0, 0.1) is 5.92 Å². The molecule has 1 N–H and O–H groups in total. The fourth-order valence-electron chi connectivity index (χ4n) is 2.59. The highest BCUT2D eigenvalue weighted by Crippen LogP contribution is 2.20. The minimum atomic E-state index is -0.530. The van der Waals surface area contributed by atoms with Crippen molar-refractivity contribution in [2.75, 3.05) is 20.1 Å². The lowest BCUT2D eigenvalue weighted by Crippen LogP contribution is -2.46.